The van der Waals surface area contributed by atoms with Crippen molar-refractivity contribution in [3.05, 3.63) is 40.4 Å². The number of hydrazine groups is 1. The summed E-state index contributed by atoms with van der Waals surface area (Å²) in [4.78, 5) is 49.9. The Bertz CT molecular complexity index is 1120. The minimum Gasteiger partial charge on any atom is -0.452 e. The predicted octanol–water partition coefficient (Wildman–Crippen LogP) is 2.89. The number of carbonyl (C=O) groups excluding carboxylic acids is 4. The van der Waals surface area contributed by atoms with Crippen molar-refractivity contribution < 1.29 is 32.8 Å². The van der Waals surface area contributed by atoms with E-state index in [0.29, 0.717) is 17.9 Å². The predicted molar refractivity (Wildman–Crippen MR) is 111 cm³/mol. The van der Waals surface area contributed by atoms with Crippen molar-refractivity contribution in [2.45, 2.75) is 44.6 Å². The van der Waals surface area contributed by atoms with Crippen LogP contribution >= 0.6 is 11.6 Å². The number of nitrogens with zero attached hydrogens (tertiary/aromatic N) is 2. The van der Waals surface area contributed by atoms with Crippen molar-refractivity contribution in [2.75, 3.05) is 6.61 Å². The number of urea groups is 1. The van der Waals surface area contributed by atoms with Crippen LogP contribution in [0.2, 0.25) is 5.02 Å². The van der Waals surface area contributed by atoms with Gasteiger partial charge in [0.15, 0.2) is 6.61 Å². The van der Waals surface area contributed by atoms with Crippen LogP contribution in [0.15, 0.2) is 22.7 Å². The summed E-state index contributed by atoms with van der Waals surface area (Å²) >= 11 is 6.05. The Morgan fingerprint density at radius 2 is 2.03 bits per heavy atom. The van der Waals surface area contributed by atoms with Gasteiger partial charge in [-0.05, 0) is 31.9 Å². The fourth-order valence-electron chi connectivity index (χ4n) is 4.08. The van der Waals surface area contributed by atoms with E-state index in [1.54, 1.807) is 0 Å². The smallest absolute Gasteiger partial charge is 0.344 e. The molecule has 0 atom stereocenters. The Balaban J connectivity index is 1.43. The number of rotatable bonds is 5. The SMILES string of the molecule is Cc1onc(-c2c(F)cccc2Cl)c1C(=O)OCC(=O)NN1C(=O)NC2(CCCCC2)C1=O. The molecule has 2 aliphatic rings. The minimum atomic E-state index is -1.01. The third kappa shape index (κ3) is 4.15. The molecule has 1 spiro atoms. The van der Waals surface area contributed by atoms with Gasteiger partial charge in [0.05, 0.1) is 10.6 Å². The number of benzene rings is 1. The van der Waals surface area contributed by atoms with Gasteiger partial charge < -0.3 is 14.6 Å². The number of hydrogen-bond donors (Lipinski definition) is 2. The number of hydrogen-bond acceptors (Lipinski definition) is 7. The number of aromatic nitrogens is 1. The van der Waals surface area contributed by atoms with Crippen LogP contribution < -0.4 is 10.7 Å². The summed E-state index contributed by atoms with van der Waals surface area (Å²) in [5.74, 6) is -3.16. The van der Waals surface area contributed by atoms with E-state index in [9.17, 15) is 23.6 Å². The lowest BCUT2D eigenvalue weighted by Gasteiger charge is -2.30. The fourth-order valence-corrected chi connectivity index (χ4v) is 4.34. The first-order chi connectivity index (χ1) is 15.7. The number of halogens is 2. The first-order valence-electron chi connectivity index (χ1n) is 10.3. The third-order valence-electron chi connectivity index (χ3n) is 5.71. The molecule has 174 valence electrons. The van der Waals surface area contributed by atoms with E-state index in [0.717, 1.165) is 25.3 Å². The molecular weight excluding hydrogens is 459 g/mol. The Hall–Kier alpha value is -3.47. The van der Waals surface area contributed by atoms with Crippen LogP contribution in [0, 0.1) is 12.7 Å². The molecule has 2 N–H and O–H groups in total. The molecule has 1 aliphatic carbocycles. The van der Waals surface area contributed by atoms with Crippen LogP contribution in [0.5, 0.6) is 0 Å². The molecule has 10 nitrogen and oxygen atoms in total. The second kappa shape index (κ2) is 8.81. The number of carbonyl (C=O) groups is 4. The quantitative estimate of drug-likeness (QED) is 0.499. The Morgan fingerprint density at radius 3 is 2.73 bits per heavy atom. The van der Waals surface area contributed by atoms with Crippen LogP contribution in [-0.4, -0.2) is 46.1 Å². The average Bonchev–Trinajstić information content (AvgIpc) is 3.25. The van der Waals surface area contributed by atoms with Gasteiger partial charge in [-0.3, -0.25) is 15.0 Å². The average molecular weight is 479 g/mol. The second-order valence-corrected chi connectivity index (χ2v) is 8.29. The molecule has 2 aromatic rings. The summed E-state index contributed by atoms with van der Waals surface area (Å²) in [5, 5.41) is 6.96. The highest BCUT2D eigenvalue weighted by Crippen LogP contribution is 2.34. The molecule has 2 heterocycles. The molecule has 1 saturated heterocycles. The zero-order valence-electron chi connectivity index (χ0n) is 17.6. The van der Waals surface area contributed by atoms with Gasteiger partial charge in [-0.1, -0.05) is 42.1 Å². The number of aryl methyl sites for hydroxylation is 1. The summed E-state index contributed by atoms with van der Waals surface area (Å²) in [6.45, 7) is 0.608. The molecular formula is C21H20ClFN4O6. The lowest BCUT2D eigenvalue weighted by Crippen LogP contribution is -2.51. The van der Waals surface area contributed by atoms with E-state index in [1.165, 1.54) is 19.1 Å². The van der Waals surface area contributed by atoms with Crippen LogP contribution in [0.3, 0.4) is 0 Å². The van der Waals surface area contributed by atoms with Crippen molar-refractivity contribution in [1.29, 1.82) is 0 Å². The number of nitrogens with one attached hydrogen (secondary N) is 2. The van der Waals surface area contributed by atoms with Crippen molar-refractivity contribution in [3.8, 4) is 11.3 Å². The molecule has 12 heteroatoms. The zero-order chi connectivity index (χ0) is 23.8. The van der Waals surface area contributed by atoms with Crippen molar-refractivity contribution in [1.82, 2.24) is 20.9 Å². The van der Waals surface area contributed by atoms with Gasteiger partial charge in [0, 0.05) is 0 Å². The molecule has 0 radical (unpaired) electrons. The van der Waals surface area contributed by atoms with Crippen LogP contribution in [-0.2, 0) is 14.3 Å². The standard InChI is InChI=1S/C21H20ClFN4O6/c1-11-15(17(26-33-11)16-12(22)6-5-7-13(16)23)18(29)32-10-14(28)25-27-19(30)21(24-20(27)31)8-3-2-4-9-21/h5-7H,2-4,8-10H2,1H3,(H,24,31)(H,25,28). The van der Waals surface area contributed by atoms with E-state index in [1.807, 2.05) is 0 Å². The second-order valence-electron chi connectivity index (χ2n) is 7.88. The maximum absolute atomic E-state index is 14.3. The van der Waals surface area contributed by atoms with E-state index >= 15 is 0 Å². The molecule has 1 aliphatic heterocycles. The van der Waals surface area contributed by atoms with Crippen LogP contribution in [0.4, 0.5) is 9.18 Å². The lowest BCUT2D eigenvalue weighted by molar-refractivity contribution is -0.140. The van der Waals surface area contributed by atoms with Gasteiger partial charge in [0.25, 0.3) is 11.8 Å². The van der Waals surface area contributed by atoms with Gasteiger partial charge in [-0.15, -0.1) is 0 Å². The number of esters is 1. The number of ether oxygens (including phenoxy) is 1. The molecule has 0 bridgehead atoms. The van der Waals surface area contributed by atoms with Gasteiger partial charge in [-0.25, -0.2) is 14.0 Å². The minimum absolute atomic E-state index is 0.00490. The first kappa shape index (κ1) is 22.7. The summed E-state index contributed by atoms with van der Waals surface area (Å²) in [6.07, 6.45) is 3.53. The van der Waals surface area contributed by atoms with Crippen molar-refractivity contribution in [3.63, 3.8) is 0 Å². The molecule has 4 rings (SSSR count). The highest BCUT2D eigenvalue weighted by atomic mass is 35.5. The maximum Gasteiger partial charge on any atom is 0.344 e. The molecule has 0 unspecified atom stereocenters. The molecule has 1 aromatic heterocycles. The van der Waals surface area contributed by atoms with Crippen LogP contribution in [0.25, 0.3) is 11.3 Å². The molecule has 33 heavy (non-hydrogen) atoms. The third-order valence-corrected chi connectivity index (χ3v) is 6.02. The number of amides is 4. The first-order valence-corrected chi connectivity index (χ1v) is 10.7. The highest BCUT2D eigenvalue weighted by molar-refractivity contribution is 6.33. The summed E-state index contributed by atoms with van der Waals surface area (Å²) in [6, 6.07) is 3.21. The van der Waals surface area contributed by atoms with E-state index < -0.39 is 41.8 Å². The largest absolute Gasteiger partial charge is 0.452 e. The highest BCUT2D eigenvalue weighted by Gasteiger charge is 2.52. The normalized spacial score (nSPS) is 17.2. The topological polar surface area (TPSA) is 131 Å². The zero-order valence-corrected chi connectivity index (χ0v) is 18.3. The molecule has 1 saturated carbocycles. The van der Waals surface area contributed by atoms with Gasteiger partial charge in [-0.2, -0.15) is 5.01 Å². The van der Waals surface area contributed by atoms with Crippen LogP contribution in [0.1, 0.15) is 48.2 Å². The lowest BCUT2D eigenvalue weighted by atomic mass is 9.82. The molecule has 2 fully saturated rings. The molecule has 4 amide bonds. The Morgan fingerprint density at radius 1 is 1.30 bits per heavy atom. The van der Waals surface area contributed by atoms with Gasteiger partial charge in [0.2, 0.25) is 0 Å². The monoisotopic (exact) mass is 478 g/mol. The van der Waals surface area contributed by atoms with Crippen molar-refractivity contribution >= 4 is 35.4 Å². The summed E-state index contributed by atoms with van der Waals surface area (Å²) in [5.41, 5.74) is 0.635. The maximum atomic E-state index is 14.3. The summed E-state index contributed by atoms with van der Waals surface area (Å²) in [7, 11) is 0. The van der Waals surface area contributed by atoms with Gasteiger partial charge >= 0.3 is 12.0 Å². The van der Waals surface area contributed by atoms with E-state index in [2.05, 4.69) is 15.9 Å². The van der Waals surface area contributed by atoms with Gasteiger partial charge in [0.1, 0.15) is 28.4 Å². The number of imide groups is 1. The van der Waals surface area contributed by atoms with Crippen molar-refractivity contribution in [2.24, 2.45) is 0 Å². The molecule has 1 aromatic carbocycles. The Labute approximate surface area is 192 Å². The Kier molecular flexibility index (Phi) is 6.07. The summed E-state index contributed by atoms with van der Waals surface area (Å²) < 4.78 is 24.3. The fraction of sp³-hybridized carbons (Fsp3) is 0.381. The van der Waals surface area contributed by atoms with E-state index in [-0.39, 0.29) is 27.6 Å². The van der Waals surface area contributed by atoms with E-state index in [4.69, 9.17) is 20.9 Å².